The predicted molar refractivity (Wildman–Crippen MR) is 96.9 cm³/mol. The third kappa shape index (κ3) is 5.13. The molecule has 1 aromatic carbocycles. The molecule has 2 rings (SSSR count). The van der Waals surface area contributed by atoms with Gasteiger partial charge in [-0.1, -0.05) is 30.3 Å². The average molecular weight is 353 g/mol. The zero-order chi connectivity index (χ0) is 18.9. The number of nitrogen functional groups attached to an aromatic ring is 1. The molecule has 1 aromatic heterocycles. The van der Waals surface area contributed by atoms with Gasteiger partial charge < -0.3 is 27.5 Å². The highest BCUT2D eigenvalue weighted by Gasteiger charge is 2.15. The van der Waals surface area contributed by atoms with Gasteiger partial charge in [0.2, 0.25) is 5.91 Å². The number of nitrogens with zero attached hydrogens (tertiary/aromatic N) is 2. The Labute approximate surface area is 150 Å². The summed E-state index contributed by atoms with van der Waals surface area (Å²) in [6, 6.07) is 8.82. The largest absolute Gasteiger partial charge is 0.382 e. The number of allylic oxidation sites excluding steroid dienone is 1. The number of primary amides is 1. The maximum atomic E-state index is 12.2. The highest BCUT2D eigenvalue weighted by atomic mass is 16.2. The molecule has 0 radical (unpaired) electrons. The first-order valence-electron chi connectivity index (χ1n) is 7.69. The van der Waals surface area contributed by atoms with Gasteiger partial charge in [0, 0.05) is 24.8 Å². The summed E-state index contributed by atoms with van der Waals surface area (Å²) >= 11 is 0. The molecule has 1 atom stereocenters. The van der Waals surface area contributed by atoms with Gasteiger partial charge in [-0.25, -0.2) is 9.97 Å². The molecule has 0 fully saturated rings. The Bertz CT molecular complexity index is 821. The van der Waals surface area contributed by atoms with E-state index in [0.717, 1.165) is 11.8 Å². The summed E-state index contributed by atoms with van der Waals surface area (Å²) in [6.07, 6.45) is 5.13. The Morgan fingerprint density at radius 3 is 2.50 bits per heavy atom. The van der Waals surface area contributed by atoms with Crippen molar-refractivity contribution < 1.29 is 9.59 Å². The van der Waals surface area contributed by atoms with E-state index in [1.54, 1.807) is 0 Å². The number of carbonyl (C=O) groups is 2. The van der Waals surface area contributed by atoms with E-state index in [2.05, 4.69) is 20.6 Å². The average Bonchev–Trinajstić information content (AvgIpc) is 2.64. The summed E-state index contributed by atoms with van der Waals surface area (Å²) in [5.74, 6) is -1.09. The molecule has 134 valence electrons. The van der Waals surface area contributed by atoms with Gasteiger partial charge in [-0.3, -0.25) is 9.59 Å². The van der Waals surface area contributed by atoms with E-state index in [4.69, 9.17) is 16.9 Å². The number of rotatable bonds is 8. The summed E-state index contributed by atoms with van der Waals surface area (Å²) in [5.41, 5.74) is 11.9. The standard InChI is InChI=1S/C17H19N7O2/c18-9-12(24-17(26)15-16(20)22-7-6-21-15)10-23-13(8-14(19)25)11-4-2-1-3-5-11/h1-7,9-10,13,18,23H,8H2,(H2,19,25)(H2,20,22)(H,24,26)/b12-10+,18-9?. The third-order valence-corrected chi connectivity index (χ3v) is 3.40. The summed E-state index contributed by atoms with van der Waals surface area (Å²) in [4.78, 5) is 31.2. The second-order valence-electron chi connectivity index (χ2n) is 5.29. The van der Waals surface area contributed by atoms with Gasteiger partial charge in [-0.2, -0.15) is 0 Å². The van der Waals surface area contributed by atoms with Crippen molar-refractivity contribution in [3.8, 4) is 0 Å². The number of aromatic nitrogens is 2. The van der Waals surface area contributed by atoms with Crippen LogP contribution in [0.15, 0.2) is 54.6 Å². The van der Waals surface area contributed by atoms with Crippen LogP contribution in [0.25, 0.3) is 0 Å². The van der Waals surface area contributed by atoms with Crippen LogP contribution in [0.3, 0.4) is 0 Å². The zero-order valence-electron chi connectivity index (χ0n) is 13.8. The van der Waals surface area contributed by atoms with Crippen molar-refractivity contribution in [2.45, 2.75) is 12.5 Å². The van der Waals surface area contributed by atoms with Gasteiger partial charge in [0.25, 0.3) is 5.91 Å². The Morgan fingerprint density at radius 1 is 1.19 bits per heavy atom. The molecule has 0 aliphatic carbocycles. The van der Waals surface area contributed by atoms with Gasteiger partial charge in [0.15, 0.2) is 11.5 Å². The molecule has 0 saturated heterocycles. The molecular formula is C17H19N7O2. The second kappa shape index (κ2) is 8.92. The Balaban J connectivity index is 2.13. The van der Waals surface area contributed by atoms with Crippen molar-refractivity contribution >= 4 is 23.8 Å². The Hall–Kier alpha value is -3.75. The van der Waals surface area contributed by atoms with Crippen LogP contribution in [0.4, 0.5) is 5.82 Å². The molecule has 0 aliphatic heterocycles. The molecule has 26 heavy (non-hydrogen) atoms. The van der Waals surface area contributed by atoms with E-state index in [1.165, 1.54) is 18.6 Å². The van der Waals surface area contributed by atoms with E-state index in [1.807, 2.05) is 30.3 Å². The minimum Gasteiger partial charge on any atom is -0.382 e. The van der Waals surface area contributed by atoms with Crippen LogP contribution in [0.2, 0.25) is 0 Å². The number of nitrogens with two attached hydrogens (primary N) is 2. The van der Waals surface area contributed by atoms with Crippen LogP contribution >= 0.6 is 0 Å². The quantitative estimate of drug-likeness (QED) is 0.434. The molecule has 1 unspecified atom stereocenters. The van der Waals surface area contributed by atoms with E-state index in [-0.39, 0.29) is 23.6 Å². The van der Waals surface area contributed by atoms with Gasteiger partial charge in [-0.15, -0.1) is 0 Å². The first-order chi connectivity index (χ1) is 12.5. The van der Waals surface area contributed by atoms with Crippen molar-refractivity contribution in [1.82, 2.24) is 20.6 Å². The Kier molecular flexibility index (Phi) is 6.38. The van der Waals surface area contributed by atoms with Crippen molar-refractivity contribution in [2.24, 2.45) is 5.73 Å². The SMILES string of the molecule is N=C/C(=C\NC(CC(N)=O)c1ccccc1)NC(=O)c1nccnc1N. The van der Waals surface area contributed by atoms with Crippen molar-refractivity contribution in [2.75, 3.05) is 5.73 Å². The highest BCUT2D eigenvalue weighted by molar-refractivity contribution is 5.99. The number of anilines is 1. The van der Waals surface area contributed by atoms with Crippen LogP contribution in [0.1, 0.15) is 28.5 Å². The van der Waals surface area contributed by atoms with E-state index >= 15 is 0 Å². The summed E-state index contributed by atoms with van der Waals surface area (Å²) < 4.78 is 0. The maximum absolute atomic E-state index is 12.2. The number of nitrogens with one attached hydrogen (secondary N) is 3. The topological polar surface area (TPSA) is 160 Å². The molecule has 0 aliphatic rings. The normalized spacial score (nSPS) is 12.1. The summed E-state index contributed by atoms with van der Waals surface area (Å²) in [6.45, 7) is 0. The lowest BCUT2D eigenvalue weighted by molar-refractivity contribution is -0.118. The lowest BCUT2D eigenvalue weighted by Gasteiger charge is -2.17. The molecule has 0 saturated carbocycles. The molecule has 9 heteroatoms. The Morgan fingerprint density at radius 2 is 1.88 bits per heavy atom. The number of hydrogen-bond donors (Lipinski definition) is 5. The monoisotopic (exact) mass is 353 g/mol. The minimum atomic E-state index is -0.599. The zero-order valence-corrected chi connectivity index (χ0v) is 13.8. The van der Waals surface area contributed by atoms with Gasteiger partial charge >= 0.3 is 0 Å². The minimum absolute atomic E-state index is 0.0156. The summed E-state index contributed by atoms with van der Waals surface area (Å²) in [7, 11) is 0. The fraction of sp³-hybridized carbons (Fsp3) is 0.118. The molecule has 2 aromatic rings. The maximum Gasteiger partial charge on any atom is 0.278 e. The van der Waals surface area contributed by atoms with Crippen LogP contribution in [0, 0.1) is 5.41 Å². The summed E-state index contributed by atoms with van der Waals surface area (Å²) in [5, 5.41) is 12.9. The van der Waals surface area contributed by atoms with Crippen molar-refractivity contribution in [1.29, 1.82) is 5.41 Å². The molecule has 9 nitrogen and oxygen atoms in total. The molecular weight excluding hydrogens is 334 g/mol. The van der Waals surface area contributed by atoms with E-state index < -0.39 is 17.9 Å². The molecule has 2 amide bonds. The van der Waals surface area contributed by atoms with Crippen LogP contribution < -0.4 is 22.1 Å². The lowest BCUT2D eigenvalue weighted by atomic mass is 10.0. The van der Waals surface area contributed by atoms with Crippen molar-refractivity contribution in [3.63, 3.8) is 0 Å². The highest BCUT2D eigenvalue weighted by Crippen LogP contribution is 2.16. The fourth-order valence-electron chi connectivity index (χ4n) is 2.18. The van der Waals surface area contributed by atoms with Gasteiger partial charge in [-0.05, 0) is 5.56 Å². The van der Waals surface area contributed by atoms with E-state index in [9.17, 15) is 9.59 Å². The molecule has 0 spiro atoms. The molecule has 1 heterocycles. The van der Waals surface area contributed by atoms with E-state index in [0.29, 0.717) is 0 Å². The number of benzene rings is 1. The first kappa shape index (κ1) is 18.6. The molecule has 7 N–H and O–H groups in total. The smallest absolute Gasteiger partial charge is 0.278 e. The second-order valence-corrected chi connectivity index (χ2v) is 5.29. The van der Waals surface area contributed by atoms with Crippen molar-refractivity contribution in [3.05, 3.63) is 65.9 Å². The molecule has 0 bridgehead atoms. The number of carbonyl (C=O) groups excluding carboxylic acids is 2. The van der Waals surface area contributed by atoms with Gasteiger partial charge in [0.1, 0.15) is 0 Å². The first-order valence-corrected chi connectivity index (χ1v) is 7.69. The van der Waals surface area contributed by atoms with Gasteiger partial charge in [0.05, 0.1) is 18.2 Å². The van der Waals surface area contributed by atoms with Crippen LogP contribution in [0.5, 0.6) is 0 Å². The third-order valence-electron chi connectivity index (χ3n) is 3.40. The predicted octanol–water partition coefficient (Wildman–Crippen LogP) is 0.486. The van der Waals surface area contributed by atoms with Crippen LogP contribution in [-0.2, 0) is 4.79 Å². The lowest BCUT2D eigenvalue weighted by Crippen LogP contribution is -2.29. The number of hydrogen-bond acceptors (Lipinski definition) is 7. The number of amides is 2. The fourth-order valence-corrected chi connectivity index (χ4v) is 2.18. The van der Waals surface area contributed by atoms with Crippen LogP contribution in [-0.4, -0.2) is 28.0 Å².